The highest BCUT2D eigenvalue weighted by Gasteiger charge is 2.50. The van der Waals surface area contributed by atoms with E-state index in [-0.39, 0.29) is 11.6 Å². The summed E-state index contributed by atoms with van der Waals surface area (Å²) in [5.41, 5.74) is 8.40. The summed E-state index contributed by atoms with van der Waals surface area (Å²) in [6, 6.07) is 5.26. The maximum atomic E-state index is 13.7. The molecule has 0 amide bonds. The SMILES string of the molecule is Cc1ccncc1-c1cc2cc(NC(C3CCC3C#N)C(F)(F)F)ncc2c(N)n1. The lowest BCUT2D eigenvalue weighted by Crippen LogP contribution is -2.49. The minimum Gasteiger partial charge on any atom is -0.383 e. The van der Waals surface area contributed by atoms with Crippen molar-refractivity contribution in [2.24, 2.45) is 11.8 Å². The Labute approximate surface area is 171 Å². The predicted octanol–water partition coefficient (Wildman–Crippen LogP) is 4.48. The number of aryl methyl sites for hydroxylation is 1. The third kappa shape index (κ3) is 3.61. The van der Waals surface area contributed by atoms with Crippen LogP contribution in [0.3, 0.4) is 0 Å². The summed E-state index contributed by atoms with van der Waals surface area (Å²) in [6.07, 6.45) is 1.09. The van der Waals surface area contributed by atoms with Gasteiger partial charge in [0.15, 0.2) is 0 Å². The number of nitrogens with one attached hydrogen (secondary N) is 1. The first-order valence-corrected chi connectivity index (χ1v) is 9.48. The third-order valence-electron chi connectivity index (χ3n) is 5.64. The largest absolute Gasteiger partial charge is 0.408 e. The first kappa shape index (κ1) is 19.9. The number of fused-ring (bicyclic) bond motifs is 1. The molecule has 4 rings (SSSR count). The fraction of sp³-hybridized carbons (Fsp3) is 0.333. The molecule has 3 aromatic heterocycles. The van der Waals surface area contributed by atoms with Crippen molar-refractivity contribution in [1.29, 1.82) is 5.26 Å². The lowest BCUT2D eigenvalue weighted by Gasteiger charge is -2.39. The Bertz CT molecular complexity index is 1140. The van der Waals surface area contributed by atoms with Crippen LogP contribution in [0.4, 0.5) is 24.8 Å². The number of hydrogen-bond donors (Lipinski definition) is 2. The monoisotopic (exact) mass is 412 g/mol. The Morgan fingerprint density at radius 3 is 2.70 bits per heavy atom. The Morgan fingerprint density at radius 2 is 2.07 bits per heavy atom. The molecule has 1 saturated carbocycles. The van der Waals surface area contributed by atoms with Crippen molar-refractivity contribution in [3.05, 3.63) is 42.4 Å². The molecule has 3 unspecified atom stereocenters. The number of nitrogen functional groups attached to an aromatic ring is 1. The molecule has 3 N–H and O–H groups in total. The molecule has 9 heteroatoms. The molecular formula is C21H19F3N6. The average molecular weight is 412 g/mol. The van der Waals surface area contributed by atoms with E-state index in [9.17, 15) is 13.2 Å². The van der Waals surface area contributed by atoms with Crippen LogP contribution in [-0.4, -0.2) is 27.2 Å². The van der Waals surface area contributed by atoms with Crippen LogP contribution in [0.2, 0.25) is 0 Å². The second-order valence-corrected chi connectivity index (χ2v) is 7.51. The van der Waals surface area contributed by atoms with Crippen LogP contribution in [0.15, 0.2) is 36.8 Å². The van der Waals surface area contributed by atoms with Crippen molar-refractivity contribution < 1.29 is 13.2 Å². The van der Waals surface area contributed by atoms with E-state index in [4.69, 9.17) is 11.0 Å². The van der Waals surface area contributed by atoms with E-state index in [0.717, 1.165) is 11.1 Å². The molecule has 154 valence electrons. The van der Waals surface area contributed by atoms with Crippen LogP contribution >= 0.6 is 0 Å². The van der Waals surface area contributed by atoms with Gasteiger partial charge < -0.3 is 11.1 Å². The van der Waals surface area contributed by atoms with Gasteiger partial charge >= 0.3 is 6.18 Å². The van der Waals surface area contributed by atoms with Crippen molar-refractivity contribution in [2.45, 2.75) is 32.0 Å². The molecule has 30 heavy (non-hydrogen) atoms. The molecule has 3 heterocycles. The van der Waals surface area contributed by atoms with Gasteiger partial charge in [0.25, 0.3) is 0 Å². The topological polar surface area (TPSA) is 101 Å². The van der Waals surface area contributed by atoms with Crippen molar-refractivity contribution >= 4 is 22.4 Å². The van der Waals surface area contributed by atoms with Gasteiger partial charge in [0, 0.05) is 35.5 Å². The van der Waals surface area contributed by atoms with E-state index in [0.29, 0.717) is 29.3 Å². The molecule has 1 fully saturated rings. The second kappa shape index (κ2) is 7.44. The highest BCUT2D eigenvalue weighted by atomic mass is 19.4. The van der Waals surface area contributed by atoms with E-state index in [1.54, 1.807) is 18.5 Å². The van der Waals surface area contributed by atoms with Crippen LogP contribution in [0.5, 0.6) is 0 Å². The number of nitriles is 1. The predicted molar refractivity (Wildman–Crippen MR) is 107 cm³/mol. The Kier molecular flexibility index (Phi) is 4.94. The maximum absolute atomic E-state index is 13.7. The number of halogens is 3. The molecule has 0 aliphatic heterocycles. The van der Waals surface area contributed by atoms with Gasteiger partial charge in [-0.15, -0.1) is 0 Å². The zero-order chi connectivity index (χ0) is 21.5. The summed E-state index contributed by atoms with van der Waals surface area (Å²) in [7, 11) is 0. The van der Waals surface area contributed by atoms with Gasteiger partial charge in [-0.2, -0.15) is 18.4 Å². The van der Waals surface area contributed by atoms with Crippen molar-refractivity contribution in [3.63, 3.8) is 0 Å². The standard InChI is InChI=1S/C21H19F3N6/c1-11-4-5-27-9-15(11)17-6-13-7-18(28-10-16(13)20(26)29-17)30-19(21(22,23)24)14-3-2-12(14)8-25/h4-7,9-10,12,14,19H,2-3H2,1H3,(H2,26,29)(H,28,30). The summed E-state index contributed by atoms with van der Waals surface area (Å²) < 4.78 is 41.0. The van der Waals surface area contributed by atoms with E-state index in [1.807, 2.05) is 19.1 Å². The van der Waals surface area contributed by atoms with Crippen molar-refractivity contribution in [1.82, 2.24) is 15.0 Å². The highest BCUT2D eigenvalue weighted by Crippen LogP contribution is 2.43. The highest BCUT2D eigenvalue weighted by molar-refractivity contribution is 5.94. The summed E-state index contributed by atoms with van der Waals surface area (Å²) in [5.74, 6) is -1.08. The molecule has 0 radical (unpaired) electrons. The van der Waals surface area contributed by atoms with E-state index >= 15 is 0 Å². The number of aromatic nitrogens is 3. The molecule has 0 aromatic carbocycles. The van der Waals surface area contributed by atoms with Gasteiger partial charge in [0.1, 0.15) is 17.7 Å². The van der Waals surface area contributed by atoms with Crippen LogP contribution < -0.4 is 11.1 Å². The normalized spacial score (nSPS) is 19.7. The molecule has 0 spiro atoms. The van der Waals surface area contributed by atoms with Gasteiger partial charge in [0.2, 0.25) is 0 Å². The number of pyridine rings is 3. The Hall–Kier alpha value is -3.41. The Balaban J connectivity index is 1.72. The maximum Gasteiger partial charge on any atom is 0.408 e. The molecule has 3 atom stereocenters. The molecule has 1 aliphatic carbocycles. The lowest BCUT2D eigenvalue weighted by molar-refractivity contribution is -0.163. The minimum atomic E-state index is -4.49. The molecular weight excluding hydrogens is 393 g/mol. The number of anilines is 2. The van der Waals surface area contributed by atoms with Gasteiger partial charge in [-0.25, -0.2) is 9.97 Å². The number of hydrogen-bond acceptors (Lipinski definition) is 6. The summed E-state index contributed by atoms with van der Waals surface area (Å²) in [6.45, 7) is 1.91. The lowest BCUT2D eigenvalue weighted by atomic mass is 9.70. The number of nitrogens with two attached hydrogens (primary N) is 1. The summed E-state index contributed by atoms with van der Waals surface area (Å²) in [4.78, 5) is 12.6. The third-order valence-corrected chi connectivity index (χ3v) is 5.64. The van der Waals surface area contributed by atoms with Gasteiger partial charge in [-0.1, -0.05) is 0 Å². The average Bonchev–Trinajstić information content (AvgIpc) is 2.66. The number of nitrogens with zero attached hydrogens (tertiary/aromatic N) is 4. The van der Waals surface area contributed by atoms with E-state index < -0.39 is 24.1 Å². The van der Waals surface area contributed by atoms with Crippen LogP contribution in [0.1, 0.15) is 18.4 Å². The molecule has 0 bridgehead atoms. The van der Waals surface area contributed by atoms with Crippen LogP contribution in [0, 0.1) is 30.1 Å². The van der Waals surface area contributed by atoms with Crippen LogP contribution in [-0.2, 0) is 0 Å². The quantitative estimate of drug-likeness (QED) is 0.656. The first-order chi connectivity index (χ1) is 14.3. The van der Waals surface area contributed by atoms with Crippen molar-refractivity contribution in [3.8, 4) is 17.3 Å². The fourth-order valence-corrected chi connectivity index (χ4v) is 3.80. The van der Waals surface area contributed by atoms with Gasteiger partial charge in [-0.3, -0.25) is 4.98 Å². The molecule has 6 nitrogen and oxygen atoms in total. The summed E-state index contributed by atoms with van der Waals surface area (Å²) in [5, 5.41) is 12.8. The second-order valence-electron chi connectivity index (χ2n) is 7.51. The van der Waals surface area contributed by atoms with Crippen LogP contribution in [0.25, 0.3) is 22.0 Å². The molecule has 0 saturated heterocycles. The first-order valence-electron chi connectivity index (χ1n) is 9.48. The zero-order valence-corrected chi connectivity index (χ0v) is 16.1. The molecule has 3 aromatic rings. The van der Waals surface area contributed by atoms with Gasteiger partial charge in [0.05, 0.1) is 17.7 Å². The van der Waals surface area contributed by atoms with E-state index in [2.05, 4.69) is 20.3 Å². The molecule has 1 aliphatic rings. The minimum absolute atomic E-state index is 0.0767. The zero-order valence-electron chi connectivity index (χ0n) is 16.1. The van der Waals surface area contributed by atoms with E-state index in [1.165, 1.54) is 12.3 Å². The number of rotatable bonds is 4. The fourth-order valence-electron chi connectivity index (χ4n) is 3.80. The smallest absolute Gasteiger partial charge is 0.383 e. The Morgan fingerprint density at radius 1 is 1.27 bits per heavy atom. The van der Waals surface area contributed by atoms with Gasteiger partial charge in [-0.05, 0) is 48.9 Å². The number of alkyl halides is 3. The van der Waals surface area contributed by atoms with Crippen molar-refractivity contribution in [2.75, 3.05) is 11.1 Å². The summed E-state index contributed by atoms with van der Waals surface area (Å²) >= 11 is 0.